The molecule has 0 unspecified atom stereocenters. The monoisotopic (exact) mass is 287 g/mol. The minimum absolute atomic E-state index is 0.588. The molecule has 22 heavy (non-hydrogen) atoms. The van der Waals surface area contributed by atoms with Crippen LogP contribution in [0.2, 0.25) is 0 Å². The summed E-state index contributed by atoms with van der Waals surface area (Å²) in [5.41, 5.74) is 4.17. The number of pyridine rings is 1. The highest BCUT2D eigenvalue weighted by Crippen LogP contribution is 2.21. The molecule has 0 saturated carbocycles. The van der Waals surface area contributed by atoms with Crippen molar-refractivity contribution in [2.45, 2.75) is 6.92 Å². The molecule has 4 rings (SSSR count). The number of rotatable bonds is 2. The molecule has 3 aromatic heterocycles. The Balaban J connectivity index is 1.89. The Morgan fingerprint density at radius 1 is 0.818 bits per heavy atom. The number of fused-ring (bicyclic) bond motifs is 1. The lowest BCUT2D eigenvalue weighted by Gasteiger charge is -2.02. The van der Waals surface area contributed by atoms with E-state index in [1.807, 2.05) is 30.3 Å². The lowest BCUT2D eigenvalue weighted by molar-refractivity contribution is 0.950. The number of hydrogen-bond acceptors (Lipinski definition) is 4. The van der Waals surface area contributed by atoms with E-state index in [1.165, 1.54) is 5.56 Å². The summed E-state index contributed by atoms with van der Waals surface area (Å²) in [5.74, 6) is 1.26. The van der Waals surface area contributed by atoms with Crippen LogP contribution in [0.3, 0.4) is 0 Å². The van der Waals surface area contributed by atoms with Crippen molar-refractivity contribution >= 4 is 5.78 Å². The highest BCUT2D eigenvalue weighted by molar-refractivity contribution is 5.63. The van der Waals surface area contributed by atoms with Gasteiger partial charge in [0, 0.05) is 29.7 Å². The third kappa shape index (κ3) is 2.13. The molecular weight excluding hydrogens is 274 g/mol. The number of benzene rings is 1. The van der Waals surface area contributed by atoms with Gasteiger partial charge in [-0.1, -0.05) is 29.8 Å². The molecule has 0 aliphatic heterocycles. The van der Waals surface area contributed by atoms with Crippen LogP contribution in [0.5, 0.6) is 0 Å². The molecule has 0 bridgehead atoms. The predicted molar refractivity (Wildman–Crippen MR) is 84.2 cm³/mol. The Labute approximate surface area is 127 Å². The summed E-state index contributed by atoms with van der Waals surface area (Å²) < 4.78 is 1.77. The molecule has 5 nitrogen and oxygen atoms in total. The van der Waals surface area contributed by atoms with Gasteiger partial charge in [0.1, 0.15) is 0 Å². The van der Waals surface area contributed by atoms with E-state index < -0.39 is 0 Å². The van der Waals surface area contributed by atoms with E-state index in [-0.39, 0.29) is 0 Å². The lowest BCUT2D eigenvalue weighted by Crippen LogP contribution is -1.95. The summed E-state index contributed by atoms with van der Waals surface area (Å²) in [6, 6.07) is 14.0. The molecule has 0 N–H and O–H groups in total. The standard InChI is InChI=1S/C17H13N5/c1-12-2-4-14(5-3-12)16-20-17-19-11-8-15(22(17)21-16)13-6-9-18-10-7-13/h2-11H,1H3. The fourth-order valence-electron chi connectivity index (χ4n) is 2.36. The van der Waals surface area contributed by atoms with Crippen LogP contribution >= 0.6 is 0 Å². The average molecular weight is 287 g/mol. The Morgan fingerprint density at radius 2 is 1.59 bits per heavy atom. The number of hydrogen-bond donors (Lipinski definition) is 0. The highest BCUT2D eigenvalue weighted by Gasteiger charge is 2.11. The first kappa shape index (κ1) is 12.6. The number of aromatic nitrogens is 5. The second kappa shape index (κ2) is 5.04. The highest BCUT2D eigenvalue weighted by atomic mass is 15.3. The average Bonchev–Trinajstić information content (AvgIpc) is 3.00. The quantitative estimate of drug-likeness (QED) is 0.568. The molecular formula is C17H13N5. The van der Waals surface area contributed by atoms with Crippen LogP contribution in [-0.4, -0.2) is 24.6 Å². The maximum atomic E-state index is 4.61. The van der Waals surface area contributed by atoms with E-state index in [0.717, 1.165) is 16.8 Å². The van der Waals surface area contributed by atoms with Gasteiger partial charge in [-0.15, -0.1) is 5.10 Å². The van der Waals surface area contributed by atoms with Gasteiger partial charge in [-0.25, -0.2) is 4.98 Å². The van der Waals surface area contributed by atoms with Crippen LogP contribution in [0.1, 0.15) is 5.56 Å². The van der Waals surface area contributed by atoms with Gasteiger partial charge in [0.25, 0.3) is 5.78 Å². The third-order valence-electron chi connectivity index (χ3n) is 3.53. The van der Waals surface area contributed by atoms with Crippen LogP contribution < -0.4 is 0 Å². The van der Waals surface area contributed by atoms with Crippen LogP contribution in [0.25, 0.3) is 28.4 Å². The second-order valence-corrected chi connectivity index (χ2v) is 5.08. The number of nitrogens with zero attached hydrogens (tertiary/aromatic N) is 5. The predicted octanol–water partition coefficient (Wildman–Crippen LogP) is 3.16. The van der Waals surface area contributed by atoms with Gasteiger partial charge in [-0.2, -0.15) is 9.50 Å². The molecule has 4 aromatic rings. The van der Waals surface area contributed by atoms with Gasteiger partial charge >= 0.3 is 0 Å². The molecule has 0 aliphatic carbocycles. The Hall–Kier alpha value is -3.08. The minimum atomic E-state index is 0.588. The maximum Gasteiger partial charge on any atom is 0.253 e. The van der Waals surface area contributed by atoms with Gasteiger partial charge in [-0.05, 0) is 25.1 Å². The van der Waals surface area contributed by atoms with E-state index in [0.29, 0.717) is 11.6 Å². The van der Waals surface area contributed by atoms with E-state index in [9.17, 15) is 0 Å². The molecule has 106 valence electrons. The number of aryl methyl sites for hydroxylation is 1. The smallest absolute Gasteiger partial charge is 0.253 e. The molecule has 0 spiro atoms. The van der Waals surface area contributed by atoms with Gasteiger partial charge in [0.2, 0.25) is 0 Å². The molecule has 0 saturated heterocycles. The van der Waals surface area contributed by atoms with Gasteiger partial charge in [0.05, 0.1) is 5.69 Å². The van der Waals surface area contributed by atoms with E-state index in [2.05, 4.69) is 39.1 Å². The summed E-state index contributed by atoms with van der Waals surface area (Å²) in [6.07, 6.45) is 5.28. The third-order valence-corrected chi connectivity index (χ3v) is 3.53. The van der Waals surface area contributed by atoms with Crippen molar-refractivity contribution in [1.82, 2.24) is 24.6 Å². The van der Waals surface area contributed by atoms with Crippen molar-refractivity contribution in [2.75, 3.05) is 0 Å². The summed E-state index contributed by atoms with van der Waals surface area (Å²) in [5, 5.41) is 4.61. The summed E-state index contributed by atoms with van der Waals surface area (Å²) in [6.45, 7) is 2.06. The van der Waals surface area contributed by atoms with Crippen LogP contribution in [0.15, 0.2) is 61.1 Å². The molecule has 0 aliphatic rings. The maximum absolute atomic E-state index is 4.61. The van der Waals surface area contributed by atoms with Crippen molar-refractivity contribution in [2.24, 2.45) is 0 Å². The van der Waals surface area contributed by atoms with Crippen LogP contribution in [-0.2, 0) is 0 Å². The van der Waals surface area contributed by atoms with Crippen molar-refractivity contribution in [1.29, 1.82) is 0 Å². The normalized spacial score (nSPS) is 11.0. The van der Waals surface area contributed by atoms with E-state index in [4.69, 9.17) is 0 Å². The summed E-state index contributed by atoms with van der Waals surface area (Å²) in [4.78, 5) is 12.9. The molecule has 1 aromatic carbocycles. The Morgan fingerprint density at radius 3 is 2.36 bits per heavy atom. The zero-order valence-electron chi connectivity index (χ0n) is 12.0. The Kier molecular flexibility index (Phi) is 2.89. The second-order valence-electron chi connectivity index (χ2n) is 5.08. The SMILES string of the molecule is Cc1ccc(-c2nc3nccc(-c4ccncc4)n3n2)cc1. The van der Waals surface area contributed by atoms with Gasteiger partial charge in [-0.3, -0.25) is 4.98 Å². The molecule has 0 atom stereocenters. The first-order valence-electron chi connectivity index (χ1n) is 7.00. The summed E-state index contributed by atoms with van der Waals surface area (Å²) >= 11 is 0. The molecule has 0 radical (unpaired) electrons. The van der Waals surface area contributed by atoms with Crippen molar-refractivity contribution in [3.05, 3.63) is 66.6 Å². The molecule has 3 heterocycles. The molecule has 5 heteroatoms. The van der Waals surface area contributed by atoms with E-state index >= 15 is 0 Å². The topological polar surface area (TPSA) is 56.0 Å². The first-order valence-corrected chi connectivity index (χ1v) is 7.00. The van der Waals surface area contributed by atoms with E-state index in [1.54, 1.807) is 23.1 Å². The fourth-order valence-corrected chi connectivity index (χ4v) is 2.36. The first-order chi connectivity index (χ1) is 10.8. The molecule has 0 fully saturated rings. The largest absolute Gasteiger partial charge is 0.265 e. The van der Waals surface area contributed by atoms with Crippen molar-refractivity contribution in [3.8, 4) is 22.6 Å². The van der Waals surface area contributed by atoms with Crippen molar-refractivity contribution < 1.29 is 0 Å². The zero-order valence-corrected chi connectivity index (χ0v) is 12.0. The van der Waals surface area contributed by atoms with Crippen molar-refractivity contribution in [3.63, 3.8) is 0 Å². The Bertz CT molecular complexity index is 926. The molecule has 0 amide bonds. The van der Waals surface area contributed by atoms with Gasteiger partial charge in [0.15, 0.2) is 5.82 Å². The minimum Gasteiger partial charge on any atom is -0.265 e. The fraction of sp³-hybridized carbons (Fsp3) is 0.0588. The summed E-state index contributed by atoms with van der Waals surface area (Å²) in [7, 11) is 0. The van der Waals surface area contributed by atoms with Crippen LogP contribution in [0.4, 0.5) is 0 Å². The van der Waals surface area contributed by atoms with Crippen LogP contribution in [0, 0.1) is 6.92 Å². The van der Waals surface area contributed by atoms with Gasteiger partial charge < -0.3 is 0 Å². The zero-order chi connectivity index (χ0) is 14.9. The lowest BCUT2D eigenvalue weighted by atomic mass is 10.1.